The third-order valence-electron chi connectivity index (χ3n) is 2.89. The lowest BCUT2D eigenvalue weighted by Gasteiger charge is -2.09. The van der Waals surface area contributed by atoms with Gasteiger partial charge in [0.15, 0.2) is 0 Å². The normalized spacial score (nSPS) is 10.2. The Hall–Kier alpha value is -2.40. The largest absolute Gasteiger partial charge is 0.496 e. The van der Waals surface area contributed by atoms with E-state index in [2.05, 4.69) is 10.3 Å². The number of carbonyl (C=O) groups is 1. The molecule has 2 aromatic rings. The van der Waals surface area contributed by atoms with Gasteiger partial charge in [0.1, 0.15) is 5.75 Å². The summed E-state index contributed by atoms with van der Waals surface area (Å²) in [5.74, 6) is -0.125. The van der Waals surface area contributed by atoms with Gasteiger partial charge in [-0.1, -0.05) is 18.2 Å². The summed E-state index contributed by atoms with van der Waals surface area (Å²) in [5.41, 5.74) is 2.06. The Balaban J connectivity index is 1.91. The summed E-state index contributed by atoms with van der Waals surface area (Å²) in [5, 5.41) is 12.0. The predicted octanol–water partition coefficient (Wildman–Crippen LogP) is 2.08. The average molecular weight is 272 g/mol. The van der Waals surface area contributed by atoms with Crippen molar-refractivity contribution < 1.29 is 14.6 Å². The quantitative estimate of drug-likeness (QED) is 0.842. The first-order valence-corrected chi connectivity index (χ1v) is 6.21. The van der Waals surface area contributed by atoms with Gasteiger partial charge in [-0.25, -0.2) is 4.79 Å². The molecule has 5 heteroatoms. The van der Waals surface area contributed by atoms with Gasteiger partial charge in [0.05, 0.1) is 18.4 Å². The molecule has 0 unspecified atom stereocenters. The van der Waals surface area contributed by atoms with E-state index >= 15 is 0 Å². The summed E-state index contributed by atoms with van der Waals surface area (Å²) >= 11 is 0. The van der Waals surface area contributed by atoms with Gasteiger partial charge >= 0.3 is 5.97 Å². The summed E-state index contributed by atoms with van der Waals surface area (Å²) in [4.78, 5) is 14.8. The van der Waals surface area contributed by atoms with Crippen LogP contribution in [0.3, 0.4) is 0 Å². The number of ether oxygens (including phenoxy) is 1. The van der Waals surface area contributed by atoms with Gasteiger partial charge in [-0.05, 0) is 18.2 Å². The summed E-state index contributed by atoms with van der Waals surface area (Å²) in [7, 11) is 1.64. The number of nitrogens with one attached hydrogen (secondary N) is 1. The topological polar surface area (TPSA) is 71.5 Å². The Morgan fingerprint density at radius 2 is 2.05 bits per heavy atom. The maximum Gasteiger partial charge on any atom is 0.337 e. The van der Waals surface area contributed by atoms with E-state index < -0.39 is 5.97 Å². The number of hydrogen-bond donors (Lipinski definition) is 2. The average Bonchev–Trinajstić information content (AvgIpc) is 2.48. The van der Waals surface area contributed by atoms with Crippen molar-refractivity contribution in [2.45, 2.75) is 13.1 Å². The first-order chi connectivity index (χ1) is 9.70. The van der Waals surface area contributed by atoms with E-state index in [1.807, 2.05) is 24.3 Å². The van der Waals surface area contributed by atoms with Gasteiger partial charge in [-0.2, -0.15) is 0 Å². The van der Waals surface area contributed by atoms with Crippen LogP contribution in [-0.2, 0) is 13.1 Å². The minimum atomic E-state index is -0.967. The zero-order chi connectivity index (χ0) is 14.4. The molecule has 0 fully saturated rings. The number of aromatic carboxylic acids is 1. The molecule has 0 spiro atoms. The Bertz CT molecular complexity index is 582. The molecule has 1 heterocycles. The second-order valence-electron chi connectivity index (χ2n) is 4.26. The van der Waals surface area contributed by atoms with E-state index in [-0.39, 0.29) is 5.56 Å². The summed E-state index contributed by atoms with van der Waals surface area (Å²) < 4.78 is 5.27. The number of benzene rings is 1. The van der Waals surface area contributed by atoms with E-state index in [4.69, 9.17) is 9.84 Å². The molecule has 0 atom stereocenters. The van der Waals surface area contributed by atoms with Crippen LogP contribution >= 0.6 is 0 Å². The van der Waals surface area contributed by atoms with Gasteiger partial charge in [0.2, 0.25) is 0 Å². The Labute approximate surface area is 117 Å². The van der Waals surface area contributed by atoms with E-state index in [1.54, 1.807) is 19.2 Å². The lowest BCUT2D eigenvalue weighted by Crippen LogP contribution is -2.14. The molecule has 1 aromatic heterocycles. The number of rotatable bonds is 6. The molecular formula is C15H16N2O3. The van der Waals surface area contributed by atoms with Crippen LogP contribution in [0.4, 0.5) is 0 Å². The van der Waals surface area contributed by atoms with Gasteiger partial charge in [0.25, 0.3) is 0 Å². The van der Waals surface area contributed by atoms with E-state index in [0.717, 1.165) is 17.0 Å². The second-order valence-corrected chi connectivity index (χ2v) is 4.26. The zero-order valence-electron chi connectivity index (χ0n) is 11.2. The molecule has 0 bridgehead atoms. The van der Waals surface area contributed by atoms with Crippen LogP contribution in [0.25, 0.3) is 0 Å². The smallest absolute Gasteiger partial charge is 0.337 e. The minimum absolute atomic E-state index is 0.193. The number of hydrogen-bond acceptors (Lipinski definition) is 4. The van der Waals surface area contributed by atoms with Crippen molar-refractivity contribution in [3.8, 4) is 5.75 Å². The van der Waals surface area contributed by atoms with Crippen LogP contribution in [0.5, 0.6) is 5.75 Å². The SMILES string of the molecule is COc1ccccc1CNCc1ccc(C(=O)O)cn1. The van der Waals surface area contributed by atoms with Crippen molar-refractivity contribution in [1.82, 2.24) is 10.3 Å². The van der Waals surface area contributed by atoms with Crippen LogP contribution in [-0.4, -0.2) is 23.2 Å². The van der Waals surface area contributed by atoms with Gasteiger partial charge in [-0.3, -0.25) is 4.98 Å². The molecule has 104 valence electrons. The van der Waals surface area contributed by atoms with Crippen molar-refractivity contribution in [3.05, 3.63) is 59.4 Å². The van der Waals surface area contributed by atoms with Crippen LogP contribution in [0, 0.1) is 0 Å². The number of pyridine rings is 1. The molecule has 0 saturated carbocycles. The number of para-hydroxylation sites is 1. The van der Waals surface area contributed by atoms with Crippen molar-refractivity contribution in [1.29, 1.82) is 0 Å². The highest BCUT2D eigenvalue weighted by Gasteiger charge is 2.04. The number of carboxylic acid groups (broad SMARTS) is 1. The Kier molecular flexibility index (Phi) is 4.68. The molecular weight excluding hydrogens is 256 g/mol. The number of aromatic nitrogens is 1. The lowest BCUT2D eigenvalue weighted by atomic mass is 10.2. The first kappa shape index (κ1) is 14.0. The number of nitrogens with zero attached hydrogens (tertiary/aromatic N) is 1. The molecule has 1 aromatic carbocycles. The molecule has 0 aliphatic rings. The standard InChI is InChI=1S/C15H16N2O3/c1-20-14-5-3-2-4-11(14)8-16-10-13-7-6-12(9-17-13)15(18)19/h2-7,9,16H,8,10H2,1H3,(H,18,19). The fraction of sp³-hybridized carbons (Fsp3) is 0.200. The maximum atomic E-state index is 10.7. The van der Waals surface area contributed by atoms with E-state index in [9.17, 15) is 4.79 Å². The minimum Gasteiger partial charge on any atom is -0.496 e. The van der Waals surface area contributed by atoms with Gasteiger partial charge in [-0.15, -0.1) is 0 Å². The van der Waals surface area contributed by atoms with Crippen molar-refractivity contribution in [2.24, 2.45) is 0 Å². The maximum absolute atomic E-state index is 10.7. The molecule has 0 amide bonds. The van der Waals surface area contributed by atoms with Crippen LogP contribution in [0.2, 0.25) is 0 Å². The zero-order valence-corrected chi connectivity index (χ0v) is 11.2. The fourth-order valence-electron chi connectivity index (χ4n) is 1.83. The highest BCUT2D eigenvalue weighted by Crippen LogP contribution is 2.16. The molecule has 0 aliphatic carbocycles. The van der Waals surface area contributed by atoms with Crippen LogP contribution < -0.4 is 10.1 Å². The highest BCUT2D eigenvalue weighted by atomic mass is 16.5. The predicted molar refractivity (Wildman–Crippen MR) is 74.7 cm³/mol. The van der Waals surface area contributed by atoms with Crippen LogP contribution in [0.1, 0.15) is 21.6 Å². The molecule has 0 saturated heterocycles. The molecule has 0 radical (unpaired) electrons. The third-order valence-corrected chi connectivity index (χ3v) is 2.89. The summed E-state index contributed by atoms with van der Waals surface area (Å²) in [6.45, 7) is 1.23. The Morgan fingerprint density at radius 3 is 2.70 bits per heavy atom. The highest BCUT2D eigenvalue weighted by molar-refractivity contribution is 5.87. The monoisotopic (exact) mass is 272 g/mol. The van der Waals surface area contributed by atoms with E-state index in [0.29, 0.717) is 13.1 Å². The summed E-state index contributed by atoms with van der Waals surface area (Å²) in [6, 6.07) is 11.0. The molecule has 2 N–H and O–H groups in total. The lowest BCUT2D eigenvalue weighted by molar-refractivity contribution is 0.0696. The van der Waals surface area contributed by atoms with Crippen molar-refractivity contribution >= 4 is 5.97 Å². The van der Waals surface area contributed by atoms with Gasteiger partial charge in [0, 0.05) is 24.8 Å². The van der Waals surface area contributed by atoms with Gasteiger partial charge < -0.3 is 15.2 Å². The van der Waals surface area contributed by atoms with Crippen molar-refractivity contribution in [2.75, 3.05) is 7.11 Å². The summed E-state index contributed by atoms with van der Waals surface area (Å²) in [6.07, 6.45) is 1.36. The Morgan fingerprint density at radius 1 is 1.25 bits per heavy atom. The van der Waals surface area contributed by atoms with Crippen LogP contribution in [0.15, 0.2) is 42.6 Å². The second kappa shape index (κ2) is 6.68. The molecule has 2 rings (SSSR count). The fourth-order valence-corrected chi connectivity index (χ4v) is 1.83. The van der Waals surface area contributed by atoms with Crippen molar-refractivity contribution in [3.63, 3.8) is 0 Å². The number of methoxy groups -OCH3 is 1. The first-order valence-electron chi connectivity index (χ1n) is 6.21. The molecule has 20 heavy (non-hydrogen) atoms. The molecule has 5 nitrogen and oxygen atoms in total. The van der Waals surface area contributed by atoms with E-state index in [1.165, 1.54) is 6.20 Å². The molecule has 0 aliphatic heterocycles. The number of carboxylic acids is 1. The third kappa shape index (κ3) is 3.55.